The number of benzene rings is 1. The van der Waals surface area contributed by atoms with Gasteiger partial charge >= 0.3 is 6.03 Å². The van der Waals surface area contributed by atoms with E-state index >= 15 is 0 Å². The number of nitrogens with two attached hydrogens (primary N) is 1. The summed E-state index contributed by atoms with van der Waals surface area (Å²) >= 11 is 10.6. The van der Waals surface area contributed by atoms with Gasteiger partial charge in [0.05, 0.1) is 21.7 Å². The fourth-order valence-corrected chi connectivity index (χ4v) is 1.23. The van der Waals surface area contributed by atoms with Gasteiger partial charge in [0.15, 0.2) is 0 Å². The molecule has 0 radical (unpaired) electrons. The molecule has 2 amide bonds. The Hall–Kier alpha value is -1.33. The molecule has 1 atom stereocenters. The number of hydrogen-bond donors (Lipinski definition) is 3. The van der Waals surface area contributed by atoms with Gasteiger partial charge in [-0.25, -0.2) is 4.79 Å². The van der Waals surface area contributed by atoms with Crippen LogP contribution in [0.4, 0.5) is 10.5 Å². The summed E-state index contributed by atoms with van der Waals surface area (Å²) in [4.78, 5) is 11.7. The zero-order valence-electron chi connectivity index (χ0n) is 8.66. The van der Waals surface area contributed by atoms with Gasteiger partial charge in [0.2, 0.25) is 0 Å². The molecule has 4 N–H and O–H groups in total. The fourth-order valence-electron chi connectivity index (χ4n) is 0.989. The number of halogens is 1. The Bertz CT molecular complexity index is 411. The SMILES string of the molecule is CC(NC(=O)Nc1ccccc1Cl)C(N)=S. The van der Waals surface area contributed by atoms with Crippen molar-refractivity contribution in [2.24, 2.45) is 5.73 Å². The molecule has 0 spiro atoms. The van der Waals surface area contributed by atoms with Gasteiger partial charge in [-0.1, -0.05) is 36.0 Å². The molecular weight excluding hydrogens is 246 g/mol. The second-order valence-electron chi connectivity index (χ2n) is 3.20. The smallest absolute Gasteiger partial charge is 0.319 e. The maximum absolute atomic E-state index is 11.5. The molecular formula is C10H12ClN3OS. The van der Waals surface area contributed by atoms with Crippen LogP contribution in [0.15, 0.2) is 24.3 Å². The Morgan fingerprint density at radius 3 is 2.69 bits per heavy atom. The number of amides is 2. The molecule has 16 heavy (non-hydrogen) atoms. The first kappa shape index (κ1) is 12.7. The van der Waals surface area contributed by atoms with Gasteiger partial charge in [-0.15, -0.1) is 0 Å². The van der Waals surface area contributed by atoms with Crippen LogP contribution < -0.4 is 16.4 Å². The highest BCUT2D eigenvalue weighted by Gasteiger charge is 2.10. The van der Waals surface area contributed by atoms with Crippen LogP contribution in [0.25, 0.3) is 0 Å². The number of hydrogen-bond acceptors (Lipinski definition) is 2. The van der Waals surface area contributed by atoms with Crippen molar-refractivity contribution in [3.05, 3.63) is 29.3 Å². The van der Waals surface area contributed by atoms with E-state index < -0.39 is 6.03 Å². The lowest BCUT2D eigenvalue weighted by molar-refractivity contribution is 0.251. The molecule has 1 aromatic rings. The van der Waals surface area contributed by atoms with Gasteiger partial charge in [-0.05, 0) is 19.1 Å². The zero-order valence-corrected chi connectivity index (χ0v) is 10.2. The summed E-state index contributed by atoms with van der Waals surface area (Å²) in [6.07, 6.45) is 0. The molecule has 1 aromatic carbocycles. The topological polar surface area (TPSA) is 67.2 Å². The average Bonchev–Trinajstić information content (AvgIpc) is 2.21. The first-order valence-corrected chi connectivity index (χ1v) is 5.40. The van der Waals surface area contributed by atoms with Gasteiger partial charge < -0.3 is 16.4 Å². The van der Waals surface area contributed by atoms with E-state index in [0.717, 1.165) is 0 Å². The van der Waals surface area contributed by atoms with Gasteiger partial charge in [0, 0.05) is 0 Å². The molecule has 0 heterocycles. The number of rotatable bonds is 3. The Kier molecular flexibility index (Phi) is 4.52. The van der Waals surface area contributed by atoms with Gasteiger partial charge in [0.25, 0.3) is 0 Å². The Morgan fingerprint density at radius 2 is 2.12 bits per heavy atom. The predicted molar refractivity (Wildman–Crippen MR) is 69.9 cm³/mol. The molecule has 0 aromatic heterocycles. The van der Waals surface area contributed by atoms with Gasteiger partial charge in [-0.2, -0.15) is 0 Å². The normalized spacial score (nSPS) is 11.6. The van der Waals surface area contributed by atoms with Crippen LogP contribution in [0.2, 0.25) is 5.02 Å². The number of carbonyl (C=O) groups excluding carboxylic acids is 1. The third-order valence-corrected chi connectivity index (χ3v) is 2.58. The molecule has 1 unspecified atom stereocenters. The molecule has 86 valence electrons. The molecule has 0 aliphatic carbocycles. The minimum Gasteiger partial charge on any atom is -0.392 e. The Balaban J connectivity index is 2.59. The zero-order chi connectivity index (χ0) is 12.1. The first-order chi connectivity index (χ1) is 7.50. The van der Waals surface area contributed by atoms with Crippen LogP contribution in [-0.2, 0) is 0 Å². The van der Waals surface area contributed by atoms with E-state index in [9.17, 15) is 4.79 Å². The maximum atomic E-state index is 11.5. The van der Waals surface area contributed by atoms with Crippen LogP contribution >= 0.6 is 23.8 Å². The van der Waals surface area contributed by atoms with Crippen LogP contribution in [0.1, 0.15) is 6.92 Å². The minimum absolute atomic E-state index is 0.231. The van der Waals surface area contributed by atoms with E-state index in [1.54, 1.807) is 31.2 Å². The Morgan fingerprint density at radius 1 is 1.50 bits per heavy atom. The lowest BCUT2D eigenvalue weighted by atomic mass is 10.3. The molecule has 6 heteroatoms. The number of urea groups is 1. The number of thiocarbonyl (C=S) groups is 1. The highest BCUT2D eigenvalue weighted by molar-refractivity contribution is 7.80. The summed E-state index contributed by atoms with van der Waals surface area (Å²) in [5.41, 5.74) is 5.91. The summed E-state index contributed by atoms with van der Waals surface area (Å²) in [6.45, 7) is 1.70. The molecule has 1 rings (SSSR count). The van der Waals surface area contributed by atoms with E-state index in [-0.39, 0.29) is 11.0 Å². The lowest BCUT2D eigenvalue weighted by Crippen LogP contribution is -2.43. The monoisotopic (exact) mass is 257 g/mol. The highest BCUT2D eigenvalue weighted by Crippen LogP contribution is 2.19. The van der Waals surface area contributed by atoms with Crippen molar-refractivity contribution in [2.75, 3.05) is 5.32 Å². The van der Waals surface area contributed by atoms with Crippen LogP contribution in [-0.4, -0.2) is 17.1 Å². The summed E-state index contributed by atoms with van der Waals surface area (Å²) in [7, 11) is 0. The van der Waals surface area contributed by atoms with Crippen LogP contribution in [0.5, 0.6) is 0 Å². The van der Waals surface area contributed by atoms with Crippen molar-refractivity contribution < 1.29 is 4.79 Å². The van der Waals surface area contributed by atoms with Crippen molar-refractivity contribution in [1.29, 1.82) is 0 Å². The van der Waals surface area contributed by atoms with Crippen LogP contribution in [0.3, 0.4) is 0 Å². The van der Waals surface area contributed by atoms with E-state index in [1.165, 1.54) is 0 Å². The largest absolute Gasteiger partial charge is 0.392 e. The molecule has 0 bridgehead atoms. The maximum Gasteiger partial charge on any atom is 0.319 e. The predicted octanol–water partition coefficient (Wildman–Crippen LogP) is 2.14. The second-order valence-corrected chi connectivity index (χ2v) is 4.08. The number of nitrogens with one attached hydrogen (secondary N) is 2. The van der Waals surface area contributed by atoms with Gasteiger partial charge in [0.1, 0.15) is 0 Å². The molecule has 0 saturated heterocycles. The minimum atomic E-state index is -0.395. The van der Waals surface area contributed by atoms with E-state index in [4.69, 9.17) is 29.6 Å². The lowest BCUT2D eigenvalue weighted by Gasteiger charge is -2.13. The van der Waals surface area contributed by atoms with E-state index in [1.807, 2.05) is 0 Å². The summed E-state index contributed by atoms with van der Waals surface area (Å²) in [5, 5.41) is 5.65. The summed E-state index contributed by atoms with van der Waals surface area (Å²) in [5.74, 6) is 0. The van der Waals surface area contributed by atoms with Crippen molar-refractivity contribution >= 4 is 40.5 Å². The number of carbonyl (C=O) groups is 1. The van der Waals surface area contributed by atoms with E-state index in [0.29, 0.717) is 10.7 Å². The number of anilines is 1. The van der Waals surface area contributed by atoms with E-state index in [2.05, 4.69) is 10.6 Å². The average molecular weight is 258 g/mol. The fraction of sp³-hybridized carbons (Fsp3) is 0.200. The van der Waals surface area contributed by atoms with Crippen molar-refractivity contribution in [3.63, 3.8) is 0 Å². The Labute approximate surface area is 104 Å². The third kappa shape index (κ3) is 3.67. The van der Waals surface area contributed by atoms with Crippen LogP contribution in [0, 0.1) is 0 Å². The molecule has 0 saturated carbocycles. The van der Waals surface area contributed by atoms with Crippen molar-refractivity contribution in [1.82, 2.24) is 5.32 Å². The molecule has 0 aliphatic heterocycles. The summed E-state index contributed by atoms with van der Waals surface area (Å²) in [6, 6.07) is 6.19. The standard InChI is InChI=1S/C10H12ClN3OS/c1-6(9(12)16)13-10(15)14-8-5-3-2-4-7(8)11/h2-6H,1H3,(H2,12,16)(H2,13,14,15). The highest BCUT2D eigenvalue weighted by atomic mass is 35.5. The summed E-state index contributed by atoms with van der Waals surface area (Å²) < 4.78 is 0. The second kappa shape index (κ2) is 5.67. The van der Waals surface area contributed by atoms with Crippen molar-refractivity contribution in [2.45, 2.75) is 13.0 Å². The van der Waals surface area contributed by atoms with Gasteiger partial charge in [-0.3, -0.25) is 0 Å². The quantitative estimate of drug-likeness (QED) is 0.727. The number of para-hydroxylation sites is 1. The first-order valence-electron chi connectivity index (χ1n) is 4.62. The molecule has 4 nitrogen and oxygen atoms in total. The molecule has 0 fully saturated rings. The molecule has 0 aliphatic rings. The third-order valence-electron chi connectivity index (χ3n) is 1.90. The van der Waals surface area contributed by atoms with Crippen molar-refractivity contribution in [3.8, 4) is 0 Å².